The van der Waals surface area contributed by atoms with Crippen LogP contribution in [0.1, 0.15) is 40.0 Å². The summed E-state index contributed by atoms with van der Waals surface area (Å²) in [7, 11) is 1.69. The summed E-state index contributed by atoms with van der Waals surface area (Å²) in [4.78, 5) is 0. The molecule has 1 heterocycles. The summed E-state index contributed by atoms with van der Waals surface area (Å²) in [6.07, 6.45) is 12.1. The molecule has 0 aliphatic heterocycles. The Morgan fingerprint density at radius 3 is 2.66 bits per heavy atom. The molecule has 2 aromatic rings. The molecule has 0 saturated carbocycles. The molecule has 3 unspecified atom stereocenters. The van der Waals surface area contributed by atoms with Crippen LogP contribution in [0.15, 0.2) is 66.7 Å². The zero-order valence-corrected chi connectivity index (χ0v) is 19.7. The van der Waals surface area contributed by atoms with E-state index >= 15 is 0 Å². The van der Waals surface area contributed by atoms with Crippen LogP contribution in [0.3, 0.4) is 0 Å². The van der Waals surface area contributed by atoms with E-state index in [2.05, 4.69) is 35.1 Å². The molecule has 3 atom stereocenters. The summed E-state index contributed by atoms with van der Waals surface area (Å²) in [5.74, 6) is 1.76. The summed E-state index contributed by atoms with van der Waals surface area (Å²) < 4.78 is 13.1. The maximum absolute atomic E-state index is 10.6. The fraction of sp³-hybridized carbons (Fsp3) is 0.462. The van der Waals surface area contributed by atoms with Gasteiger partial charge in [0.25, 0.3) is 0 Å². The SMILES string of the molecule is CCOC1=CCC(C(O)NCCC(C)(CC)Nc2cc(OC)ccc2-n2cccc2)C=C1. The van der Waals surface area contributed by atoms with Crippen LogP contribution in [-0.4, -0.2) is 41.7 Å². The Labute approximate surface area is 191 Å². The first-order valence-corrected chi connectivity index (χ1v) is 11.5. The summed E-state index contributed by atoms with van der Waals surface area (Å²) >= 11 is 0. The molecule has 0 radical (unpaired) electrons. The summed E-state index contributed by atoms with van der Waals surface area (Å²) in [6, 6.07) is 10.1. The predicted molar refractivity (Wildman–Crippen MR) is 130 cm³/mol. The van der Waals surface area contributed by atoms with Gasteiger partial charge in [-0.1, -0.05) is 13.0 Å². The first kappa shape index (κ1) is 24.0. The lowest BCUT2D eigenvalue weighted by Crippen LogP contribution is -2.42. The average Bonchev–Trinajstić information content (AvgIpc) is 3.34. The van der Waals surface area contributed by atoms with E-state index in [1.54, 1.807) is 7.11 Å². The largest absolute Gasteiger partial charge is 0.497 e. The van der Waals surface area contributed by atoms with Crippen molar-refractivity contribution in [2.45, 2.75) is 51.8 Å². The molecule has 0 amide bonds. The minimum Gasteiger partial charge on any atom is -0.497 e. The van der Waals surface area contributed by atoms with Crippen LogP contribution in [-0.2, 0) is 4.74 Å². The third-order valence-electron chi connectivity index (χ3n) is 6.15. The van der Waals surface area contributed by atoms with Crippen molar-refractivity contribution in [1.29, 1.82) is 0 Å². The zero-order valence-electron chi connectivity index (χ0n) is 19.7. The van der Waals surface area contributed by atoms with Gasteiger partial charge in [-0.25, -0.2) is 0 Å². The number of hydrogen-bond acceptors (Lipinski definition) is 5. The van der Waals surface area contributed by atoms with Crippen LogP contribution in [0.25, 0.3) is 5.69 Å². The van der Waals surface area contributed by atoms with Crippen molar-refractivity contribution >= 4 is 5.69 Å². The minimum atomic E-state index is -0.584. The van der Waals surface area contributed by atoms with Gasteiger partial charge in [-0.05, 0) is 76.1 Å². The number of methoxy groups -OCH3 is 1. The third-order valence-corrected chi connectivity index (χ3v) is 6.15. The second kappa shape index (κ2) is 11.2. The highest BCUT2D eigenvalue weighted by atomic mass is 16.5. The number of anilines is 1. The number of benzene rings is 1. The van der Waals surface area contributed by atoms with Crippen LogP contribution < -0.4 is 15.4 Å². The molecule has 0 bridgehead atoms. The molecule has 3 N–H and O–H groups in total. The Balaban J connectivity index is 1.61. The van der Waals surface area contributed by atoms with Gasteiger partial charge < -0.3 is 24.5 Å². The van der Waals surface area contributed by atoms with Crippen molar-refractivity contribution < 1.29 is 14.6 Å². The smallest absolute Gasteiger partial charge is 0.121 e. The van der Waals surface area contributed by atoms with E-state index in [1.165, 1.54) is 0 Å². The van der Waals surface area contributed by atoms with Crippen molar-refractivity contribution in [2.24, 2.45) is 5.92 Å². The van der Waals surface area contributed by atoms with E-state index in [1.807, 2.05) is 61.8 Å². The molecule has 174 valence electrons. The number of allylic oxidation sites excluding steroid dienone is 2. The lowest BCUT2D eigenvalue weighted by atomic mass is 9.93. The molecule has 1 aliphatic carbocycles. The van der Waals surface area contributed by atoms with Crippen LogP contribution in [0, 0.1) is 5.92 Å². The lowest BCUT2D eigenvalue weighted by molar-refractivity contribution is 0.0922. The molecule has 3 rings (SSSR count). The molecule has 6 nitrogen and oxygen atoms in total. The average molecular weight is 440 g/mol. The number of rotatable bonds is 12. The van der Waals surface area contributed by atoms with Crippen LogP contribution in [0.5, 0.6) is 5.75 Å². The quantitative estimate of drug-likeness (QED) is 0.412. The van der Waals surface area contributed by atoms with Crippen molar-refractivity contribution in [3.63, 3.8) is 0 Å². The van der Waals surface area contributed by atoms with Gasteiger partial charge in [0.05, 0.1) is 25.1 Å². The molecule has 0 spiro atoms. The molecule has 0 saturated heterocycles. The highest BCUT2D eigenvalue weighted by Gasteiger charge is 2.25. The standard InChI is InChI=1S/C26H37N3O3/c1-5-26(3,15-16-27-25(30)20-9-11-21(12-10-20)32-6-2)28-23-19-22(31-4)13-14-24(23)29-17-7-8-18-29/h7-9,11-14,17-20,25,27-28,30H,5-6,10,15-16H2,1-4H3. The number of aliphatic hydroxyl groups is 1. The molecule has 1 aromatic heterocycles. The Morgan fingerprint density at radius 1 is 1.25 bits per heavy atom. The van der Waals surface area contributed by atoms with E-state index < -0.39 is 6.23 Å². The van der Waals surface area contributed by atoms with Gasteiger partial charge in [-0.3, -0.25) is 5.32 Å². The van der Waals surface area contributed by atoms with Gasteiger partial charge in [0, 0.05) is 29.9 Å². The Hall–Kier alpha value is -2.70. The number of aliphatic hydroxyl groups excluding tert-OH is 1. The molecule has 0 fully saturated rings. The van der Waals surface area contributed by atoms with E-state index in [0.717, 1.165) is 42.1 Å². The zero-order chi connectivity index (χ0) is 23.0. The number of nitrogens with one attached hydrogen (secondary N) is 2. The van der Waals surface area contributed by atoms with E-state index in [-0.39, 0.29) is 11.5 Å². The fourth-order valence-corrected chi connectivity index (χ4v) is 3.89. The van der Waals surface area contributed by atoms with E-state index in [9.17, 15) is 5.11 Å². The molecule has 1 aliphatic rings. The monoisotopic (exact) mass is 439 g/mol. The normalized spacial score (nSPS) is 18.5. The topological polar surface area (TPSA) is 67.7 Å². The molecule has 6 heteroatoms. The summed E-state index contributed by atoms with van der Waals surface area (Å²) in [5.41, 5.74) is 1.95. The number of ether oxygens (including phenoxy) is 2. The molecular formula is C26H37N3O3. The number of nitrogens with zero attached hydrogens (tertiary/aromatic N) is 1. The number of hydrogen-bond donors (Lipinski definition) is 3. The van der Waals surface area contributed by atoms with Crippen LogP contribution in [0.4, 0.5) is 5.69 Å². The maximum atomic E-state index is 10.6. The Morgan fingerprint density at radius 2 is 2.03 bits per heavy atom. The van der Waals surface area contributed by atoms with Crippen molar-refractivity contribution in [3.8, 4) is 11.4 Å². The second-order valence-corrected chi connectivity index (χ2v) is 8.46. The van der Waals surface area contributed by atoms with Gasteiger partial charge in [0.2, 0.25) is 0 Å². The van der Waals surface area contributed by atoms with Crippen molar-refractivity contribution in [3.05, 3.63) is 66.7 Å². The highest BCUT2D eigenvalue weighted by molar-refractivity contribution is 5.65. The van der Waals surface area contributed by atoms with Gasteiger partial charge in [0.15, 0.2) is 0 Å². The molecule has 32 heavy (non-hydrogen) atoms. The summed E-state index contributed by atoms with van der Waals surface area (Å²) in [6.45, 7) is 7.74. The van der Waals surface area contributed by atoms with Gasteiger partial charge >= 0.3 is 0 Å². The third kappa shape index (κ3) is 6.17. The van der Waals surface area contributed by atoms with Gasteiger partial charge in [-0.15, -0.1) is 0 Å². The maximum Gasteiger partial charge on any atom is 0.121 e. The van der Waals surface area contributed by atoms with E-state index in [0.29, 0.717) is 13.2 Å². The fourth-order valence-electron chi connectivity index (χ4n) is 3.89. The van der Waals surface area contributed by atoms with Crippen LogP contribution >= 0.6 is 0 Å². The van der Waals surface area contributed by atoms with Crippen molar-refractivity contribution in [1.82, 2.24) is 9.88 Å². The molecular weight excluding hydrogens is 402 g/mol. The summed E-state index contributed by atoms with van der Waals surface area (Å²) in [5, 5.41) is 17.7. The predicted octanol–water partition coefficient (Wildman–Crippen LogP) is 4.86. The first-order valence-electron chi connectivity index (χ1n) is 11.5. The number of aromatic nitrogens is 1. The van der Waals surface area contributed by atoms with Gasteiger partial charge in [-0.2, -0.15) is 0 Å². The first-order chi connectivity index (χ1) is 15.5. The van der Waals surface area contributed by atoms with E-state index in [4.69, 9.17) is 9.47 Å². The highest BCUT2D eigenvalue weighted by Crippen LogP contribution is 2.31. The van der Waals surface area contributed by atoms with Crippen molar-refractivity contribution in [2.75, 3.05) is 25.6 Å². The second-order valence-electron chi connectivity index (χ2n) is 8.46. The van der Waals surface area contributed by atoms with Gasteiger partial charge in [0.1, 0.15) is 17.7 Å². The Bertz CT molecular complexity index is 907. The Kier molecular flexibility index (Phi) is 8.42. The lowest BCUT2D eigenvalue weighted by Gasteiger charge is -2.33. The van der Waals surface area contributed by atoms with Crippen LogP contribution in [0.2, 0.25) is 0 Å². The molecule has 1 aromatic carbocycles. The minimum absolute atomic E-state index is 0.0544.